The normalized spacial score (nSPS) is 32.4. The summed E-state index contributed by atoms with van der Waals surface area (Å²) in [5.41, 5.74) is 1.20. The number of hydrogen-bond acceptors (Lipinski definition) is 2. The SMILES string of the molecule is CC1(Br)Nc2ccccc2[SH]1CCO. The summed E-state index contributed by atoms with van der Waals surface area (Å²) in [5, 5.41) is 12.5. The number of hydrogen-bond donors (Lipinski definition) is 3. The van der Waals surface area contributed by atoms with Crippen LogP contribution in [0.2, 0.25) is 0 Å². The highest BCUT2D eigenvalue weighted by Crippen LogP contribution is 2.59. The Labute approximate surface area is 95.2 Å². The van der Waals surface area contributed by atoms with Crippen molar-refractivity contribution in [2.45, 2.75) is 15.6 Å². The van der Waals surface area contributed by atoms with Gasteiger partial charge in [0.1, 0.15) is 3.78 Å². The van der Waals surface area contributed by atoms with Gasteiger partial charge < -0.3 is 10.4 Å². The van der Waals surface area contributed by atoms with Crippen LogP contribution in [0.4, 0.5) is 5.69 Å². The van der Waals surface area contributed by atoms with Gasteiger partial charge in [-0.25, -0.2) is 0 Å². The highest BCUT2D eigenvalue weighted by Gasteiger charge is 2.36. The molecule has 0 fully saturated rings. The first-order chi connectivity index (χ1) is 6.65. The molecule has 1 aliphatic heterocycles. The highest BCUT2D eigenvalue weighted by molar-refractivity contribution is 9.12. The van der Waals surface area contributed by atoms with Crippen LogP contribution < -0.4 is 5.32 Å². The largest absolute Gasteiger partial charge is 0.396 e. The average molecular weight is 276 g/mol. The summed E-state index contributed by atoms with van der Waals surface area (Å²) in [4.78, 5) is 1.36. The van der Waals surface area contributed by atoms with Gasteiger partial charge in [-0.15, -0.1) is 0 Å². The van der Waals surface area contributed by atoms with Gasteiger partial charge in [-0.2, -0.15) is 10.9 Å². The number of aliphatic hydroxyl groups is 1. The van der Waals surface area contributed by atoms with Crippen LogP contribution >= 0.6 is 26.8 Å². The minimum Gasteiger partial charge on any atom is -0.396 e. The fourth-order valence-electron chi connectivity index (χ4n) is 1.78. The molecule has 2 unspecified atom stereocenters. The zero-order valence-electron chi connectivity index (χ0n) is 8.00. The molecule has 2 rings (SSSR count). The standard InChI is InChI=1S/C10H14BrNOS/c1-10(11)12-8-4-2-3-5-9(8)14(10)7-6-13/h2-5,12-14H,6-7H2,1H3. The Kier molecular flexibility index (Phi) is 2.77. The first-order valence-corrected chi connectivity index (χ1v) is 6.92. The number of para-hydroxylation sites is 1. The lowest BCUT2D eigenvalue weighted by Gasteiger charge is -2.29. The minimum absolute atomic E-state index is 0.0608. The van der Waals surface area contributed by atoms with Gasteiger partial charge in [-0.05, 0) is 19.1 Å². The van der Waals surface area contributed by atoms with Crippen molar-refractivity contribution in [1.29, 1.82) is 0 Å². The predicted octanol–water partition coefficient (Wildman–Crippen LogP) is 2.53. The fourth-order valence-corrected chi connectivity index (χ4v) is 5.36. The van der Waals surface area contributed by atoms with E-state index in [1.807, 2.05) is 6.07 Å². The van der Waals surface area contributed by atoms with Crippen LogP contribution in [0.3, 0.4) is 0 Å². The van der Waals surface area contributed by atoms with Gasteiger partial charge in [-0.3, -0.25) is 0 Å². The van der Waals surface area contributed by atoms with Crippen molar-refractivity contribution in [3.8, 4) is 0 Å². The summed E-state index contributed by atoms with van der Waals surface area (Å²) in [5.74, 6) is 0.848. The number of nitrogens with one attached hydrogen (secondary N) is 1. The number of halogens is 1. The molecule has 0 amide bonds. The molecule has 0 bridgehead atoms. The average Bonchev–Trinajstić information content (AvgIpc) is 2.39. The molecule has 78 valence electrons. The molecule has 2 atom stereocenters. The highest BCUT2D eigenvalue weighted by atomic mass is 79.9. The number of benzene rings is 1. The molecule has 1 heterocycles. The second-order valence-corrected chi connectivity index (χ2v) is 8.35. The summed E-state index contributed by atoms with van der Waals surface area (Å²) >= 11 is 3.70. The Balaban J connectivity index is 2.37. The first-order valence-electron chi connectivity index (χ1n) is 4.60. The molecule has 2 N–H and O–H groups in total. The van der Waals surface area contributed by atoms with Crippen molar-refractivity contribution in [3.05, 3.63) is 24.3 Å². The van der Waals surface area contributed by atoms with Crippen molar-refractivity contribution in [3.63, 3.8) is 0 Å². The van der Waals surface area contributed by atoms with Gasteiger partial charge in [0.15, 0.2) is 0 Å². The maximum Gasteiger partial charge on any atom is 0.123 e. The van der Waals surface area contributed by atoms with Crippen LogP contribution in [-0.2, 0) is 0 Å². The van der Waals surface area contributed by atoms with Gasteiger partial charge in [0, 0.05) is 16.3 Å². The molecule has 0 aliphatic carbocycles. The molecule has 2 nitrogen and oxygen atoms in total. The molecular formula is C10H14BrNOS. The quantitative estimate of drug-likeness (QED) is 0.440. The van der Waals surface area contributed by atoms with Crippen molar-refractivity contribution >= 4 is 32.5 Å². The smallest absolute Gasteiger partial charge is 0.123 e. The molecular weight excluding hydrogens is 262 g/mol. The molecule has 4 heteroatoms. The third-order valence-electron chi connectivity index (χ3n) is 2.39. The lowest BCUT2D eigenvalue weighted by atomic mass is 10.3. The van der Waals surface area contributed by atoms with Gasteiger partial charge in [0.05, 0.1) is 6.61 Å². The molecule has 0 saturated heterocycles. The third kappa shape index (κ3) is 1.66. The topological polar surface area (TPSA) is 32.3 Å². The Morgan fingerprint density at radius 2 is 2.21 bits per heavy atom. The van der Waals surface area contributed by atoms with E-state index in [1.165, 1.54) is 10.6 Å². The molecule has 1 aliphatic rings. The summed E-state index contributed by atoms with van der Waals surface area (Å²) in [6.07, 6.45) is 0. The molecule has 1 aromatic carbocycles. The summed E-state index contributed by atoms with van der Waals surface area (Å²) in [6.45, 7) is 2.39. The van der Waals surface area contributed by atoms with E-state index in [0.717, 1.165) is 5.75 Å². The maximum atomic E-state index is 9.05. The number of fused-ring (bicyclic) bond motifs is 1. The molecule has 0 radical (unpaired) electrons. The second-order valence-electron chi connectivity index (χ2n) is 3.47. The van der Waals surface area contributed by atoms with Gasteiger partial charge in [-0.1, -0.05) is 28.1 Å². The zero-order valence-corrected chi connectivity index (χ0v) is 10.5. The Morgan fingerprint density at radius 3 is 2.93 bits per heavy atom. The summed E-state index contributed by atoms with van der Waals surface area (Å²) < 4.78 is -0.0608. The maximum absolute atomic E-state index is 9.05. The van der Waals surface area contributed by atoms with E-state index in [4.69, 9.17) is 5.11 Å². The molecule has 0 aromatic heterocycles. The number of alkyl halides is 1. The van der Waals surface area contributed by atoms with Crippen LogP contribution in [0.1, 0.15) is 6.92 Å². The van der Waals surface area contributed by atoms with E-state index < -0.39 is 0 Å². The fraction of sp³-hybridized carbons (Fsp3) is 0.400. The van der Waals surface area contributed by atoms with Crippen LogP contribution in [0, 0.1) is 0 Å². The van der Waals surface area contributed by atoms with Crippen molar-refractivity contribution in [2.75, 3.05) is 17.7 Å². The second kappa shape index (κ2) is 3.76. The monoisotopic (exact) mass is 275 g/mol. The molecule has 1 aromatic rings. The molecule has 0 spiro atoms. The van der Waals surface area contributed by atoms with Crippen LogP contribution in [0.25, 0.3) is 0 Å². The number of aliphatic hydroxyl groups excluding tert-OH is 1. The summed E-state index contributed by atoms with van der Waals surface area (Å²) in [7, 11) is -0.349. The Bertz CT molecular complexity index is 343. The van der Waals surface area contributed by atoms with E-state index in [1.54, 1.807) is 0 Å². The molecule has 0 saturated carbocycles. The summed E-state index contributed by atoms with van der Waals surface area (Å²) in [6, 6.07) is 8.33. The zero-order chi connectivity index (χ0) is 10.2. The third-order valence-corrected chi connectivity index (χ3v) is 6.62. The Morgan fingerprint density at radius 1 is 1.50 bits per heavy atom. The molecule has 14 heavy (non-hydrogen) atoms. The number of anilines is 1. The van der Waals surface area contributed by atoms with Crippen LogP contribution in [0.15, 0.2) is 29.2 Å². The van der Waals surface area contributed by atoms with E-state index in [9.17, 15) is 0 Å². The van der Waals surface area contributed by atoms with Crippen molar-refractivity contribution in [2.24, 2.45) is 0 Å². The van der Waals surface area contributed by atoms with E-state index in [0.29, 0.717) is 0 Å². The van der Waals surface area contributed by atoms with Crippen LogP contribution in [-0.4, -0.2) is 21.2 Å². The lowest BCUT2D eigenvalue weighted by Crippen LogP contribution is -2.23. The van der Waals surface area contributed by atoms with Crippen LogP contribution in [0.5, 0.6) is 0 Å². The minimum atomic E-state index is -0.349. The lowest BCUT2D eigenvalue weighted by molar-refractivity contribution is 0.322. The van der Waals surface area contributed by atoms with E-state index >= 15 is 0 Å². The van der Waals surface area contributed by atoms with Gasteiger partial charge in [0.25, 0.3) is 0 Å². The number of rotatable bonds is 2. The van der Waals surface area contributed by atoms with Crippen molar-refractivity contribution in [1.82, 2.24) is 0 Å². The first kappa shape index (κ1) is 10.3. The van der Waals surface area contributed by atoms with E-state index in [2.05, 4.69) is 46.4 Å². The van der Waals surface area contributed by atoms with Gasteiger partial charge in [0.2, 0.25) is 0 Å². The van der Waals surface area contributed by atoms with Crippen molar-refractivity contribution < 1.29 is 5.11 Å². The number of thiol groups is 1. The Hall–Kier alpha value is -0.190. The van der Waals surface area contributed by atoms with Gasteiger partial charge >= 0.3 is 0 Å². The van der Waals surface area contributed by atoms with E-state index in [-0.39, 0.29) is 21.3 Å². The predicted molar refractivity (Wildman–Crippen MR) is 66.6 cm³/mol.